The molecule has 1 aliphatic heterocycles. The minimum Gasteiger partial charge on any atom is -0.310 e. The van der Waals surface area contributed by atoms with E-state index in [1.807, 2.05) is 0 Å². The van der Waals surface area contributed by atoms with Gasteiger partial charge >= 0.3 is 0 Å². The first-order valence-corrected chi connectivity index (χ1v) is 21.2. The maximum Gasteiger partial charge on any atom is 0.0618 e. The number of para-hydroxylation sites is 3. The van der Waals surface area contributed by atoms with Crippen LogP contribution in [0.2, 0.25) is 0 Å². The lowest BCUT2D eigenvalue weighted by Crippen LogP contribution is -2.31. The summed E-state index contributed by atoms with van der Waals surface area (Å²) >= 11 is 0. The van der Waals surface area contributed by atoms with Gasteiger partial charge < -0.3 is 9.80 Å². The number of fused-ring (bicyclic) bond motifs is 4. The molecule has 0 amide bonds. The molecule has 0 aromatic heterocycles. The zero-order valence-electron chi connectivity index (χ0n) is 34.3. The summed E-state index contributed by atoms with van der Waals surface area (Å²) in [5.74, 6) is 0. The molecule has 0 N–H and O–H groups in total. The van der Waals surface area contributed by atoms with Crippen LogP contribution in [0.15, 0.2) is 231 Å². The number of nitrogens with zero attached hydrogens (tertiary/aromatic N) is 2. The molecule has 0 bridgehead atoms. The van der Waals surface area contributed by atoms with Crippen molar-refractivity contribution in [1.29, 1.82) is 0 Å². The summed E-state index contributed by atoms with van der Waals surface area (Å²) in [5, 5.41) is 4.92. The minimum absolute atomic E-state index is 0.225. The van der Waals surface area contributed by atoms with Crippen molar-refractivity contribution in [3.8, 4) is 33.4 Å². The molecule has 1 aliphatic rings. The molecule has 10 aromatic rings. The average molecular weight is 781 g/mol. The van der Waals surface area contributed by atoms with Crippen LogP contribution in [0.4, 0.5) is 34.1 Å². The Kier molecular flexibility index (Phi) is 8.86. The Morgan fingerprint density at radius 3 is 1.61 bits per heavy atom. The topological polar surface area (TPSA) is 6.48 Å². The van der Waals surface area contributed by atoms with Crippen molar-refractivity contribution >= 4 is 55.7 Å². The van der Waals surface area contributed by atoms with Crippen molar-refractivity contribution in [1.82, 2.24) is 0 Å². The van der Waals surface area contributed by atoms with Gasteiger partial charge in [0.1, 0.15) is 0 Å². The number of hydrogen-bond donors (Lipinski definition) is 0. The van der Waals surface area contributed by atoms with Crippen molar-refractivity contribution in [3.63, 3.8) is 0 Å². The Morgan fingerprint density at radius 2 is 0.869 bits per heavy atom. The molecule has 0 saturated heterocycles. The number of hydrogen-bond acceptors (Lipinski definition) is 2. The van der Waals surface area contributed by atoms with E-state index in [0.29, 0.717) is 0 Å². The lowest BCUT2D eigenvalue weighted by molar-refractivity contribution is 0.632. The molecule has 61 heavy (non-hydrogen) atoms. The molecule has 2 nitrogen and oxygen atoms in total. The smallest absolute Gasteiger partial charge is 0.0618 e. The van der Waals surface area contributed by atoms with E-state index in [4.69, 9.17) is 0 Å². The van der Waals surface area contributed by atoms with Crippen LogP contribution in [-0.2, 0) is 5.41 Å². The summed E-state index contributed by atoms with van der Waals surface area (Å²) in [6.07, 6.45) is 0. The van der Waals surface area contributed by atoms with E-state index in [9.17, 15) is 0 Å². The Morgan fingerprint density at radius 1 is 0.344 bits per heavy atom. The first-order chi connectivity index (χ1) is 30.0. The van der Waals surface area contributed by atoms with Crippen molar-refractivity contribution in [3.05, 3.63) is 242 Å². The molecule has 1 heterocycles. The third-order valence-electron chi connectivity index (χ3n) is 12.6. The number of benzene rings is 10. The summed E-state index contributed by atoms with van der Waals surface area (Å²) in [7, 11) is 0. The summed E-state index contributed by atoms with van der Waals surface area (Å²) in [6.45, 7) is 4.75. The Bertz CT molecular complexity index is 3190. The van der Waals surface area contributed by atoms with Crippen LogP contribution in [0.5, 0.6) is 0 Å². The molecule has 0 saturated carbocycles. The predicted molar refractivity (Wildman–Crippen MR) is 259 cm³/mol. The van der Waals surface area contributed by atoms with Gasteiger partial charge in [-0.05, 0) is 110 Å². The van der Waals surface area contributed by atoms with E-state index in [1.54, 1.807) is 0 Å². The van der Waals surface area contributed by atoms with E-state index in [1.165, 1.54) is 83.1 Å². The summed E-state index contributed by atoms with van der Waals surface area (Å²) in [6, 6.07) is 84.2. The second-order valence-electron chi connectivity index (χ2n) is 16.6. The Balaban J connectivity index is 1.08. The van der Waals surface area contributed by atoms with Gasteiger partial charge in [-0.2, -0.15) is 0 Å². The van der Waals surface area contributed by atoms with Crippen LogP contribution in [0.1, 0.15) is 25.0 Å². The summed E-state index contributed by atoms with van der Waals surface area (Å²) in [4.78, 5) is 4.89. The van der Waals surface area contributed by atoms with Crippen molar-refractivity contribution in [2.75, 3.05) is 9.80 Å². The predicted octanol–water partition coefficient (Wildman–Crippen LogP) is 16.6. The zero-order valence-corrected chi connectivity index (χ0v) is 34.3. The monoisotopic (exact) mass is 780 g/mol. The van der Waals surface area contributed by atoms with Crippen molar-refractivity contribution in [2.45, 2.75) is 19.3 Å². The van der Waals surface area contributed by atoms with E-state index in [-0.39, 0.29) is 5.41 Å². The summed E-state index contributed by atoms with van der Waals surface area (Å²) in [5.41, 5.74) is 16.5. The van der Waals surface area contributed by atoms with Gasteiger partial charge in [-0.1, -0.05) is 190 Å². The van der Waals surface area contributed by atoms with Crippen LogP contribution in [0.25, 0.3) is 54.9 Å². The van der Waals surface area contributed by atoms with Crippen molar-refractivity contribution < 1.29 is 0 Å². The molecule has 290 valence electrons. The molecule has 0 atom stereocenters. The fourth-order valence-electron chi connectivity index (χ4n) is 9.62. The maximum atomic E-state index is 2.56. The highest BCUT2D eigenvalue weighted by Gasteiger charge is 2.38. The number of rotatable bonds is 7. The number of anilines is 6. The molecule has 11 rings (SSSR count). The third-order valence-corrected chi connectivity index (χ3v) is 12.6. The highest BCUT2D eigenvalue weighted by atomic mass is 15.2. The van der Waals surface area contributed by atoms with Crippen molar-refractivity contribution in [2.24, 2.45) is 0 Å². The molecular formula is C59H44N2. The standard InChI is InChI=1S/C59H44N2/c1-59(2)54-32-13-14-33-56(54)61(58-51-30-12-10-19-42(51)34-36-53(58)52-31-17-20-41-18-9-11-29-50(41)52)57-40-46(35-37-55(57)59)44-22-15-21-43(38-44)45-23-16-28-49(39-45)60(47-24-5-3-6-25-47)48-26-7-4-8-27-48/h3-40H,1-2H3. The lowest BCUT2D eigenvalue weighted by Gasteiger charge is -2.43. The second kappa shape index (κ2) is 14.9. The van der Waals surface area contributed by atoms with Gasteiger partial charge in [0, 0.05) is 33.4 Å². The second-order valence-corrected chi connectivity index (χ2v) is 16.6. The molecular weight excluding hydrogens is 737 g/mol. The normalized spacial score (nSPS) is 12.9. The fourth-order valence-corrected chi connectivity index (χ4v) is 9.62. The van der Waals surface area contributed by atoms with Gasteiger partial charge in [0.15, 0.2) is 0 Å². The van der Waals surface area contributed by atoms with Gasteiger partial charge in [-0.3, -0.25) is 0 Å². The van der Waals surface area contributed by atoms with Crippen LogP contribution in [-0.4, -0.2) is 0 Å². The zero-order chi connectivity index (χ0) is 40.9. The molecule has 2 heteroatoms. The first kappa shape index (κ1) is 36.4. The summed E-state index contributed by atoms with van der Waals surface area (Å²) < 4.78 is 0. The van der Waals surface area contributed by atoms with Gasteiger partial charge in [0.25, 0.3) is 0 Å². The molecule has 0 fully saturated rings. The molecule has 0 unspecified atom stereocenters. The van der Waals surface area contributed by atoms with Gasteiger partial charge in [0.2, 0.25) is 0 Å². The molecule has 10 aromatic carbocycles. The van der Waals surface area contributed by atoms with Crippen LogP contribution >= 0.6 is 0 Å². The van der Waals surface area contributed by atoms with E-state index < -0.39 is 0 Å². The largest absolute Gasteiger partial charge is 0.310 e. The van der Waals surface area contributed by atoms with Gasteiger partial charge in [-0.25, -0.2) is 0 Å². The molecule has 0 aliphatic carbocycles. The average Bonchev–Trinajstić information content (AvgIpc) is 3.32. The van der Waals surface area contributed by atoms with Crippen LogP contribution in [0, 0.1) is 0 Å². The first-order valence-electron chi connectivity index (χ1n) is 21.2. The quantitative estimate of drug-likeness (QED) is 0.159. The van der Waals surface area contributed by atoms with E-state index >= 15 is 0 Å². The SMILES string of the molecule is CC1(C)c2ccccc2N(c2c(-c3cccc4ccccc34)ccc3ccccc23)c2cc(-c3cccc(-c4cccc(N(c5ccccc5)c5ccccc5)c4)c3)ccc21. The Hall–Kier alpha value is -7.68. The molecule has 0 radical (unpaired) electrons. The lowest BCUT2D eigenvalue weighted by atomic mass is 9.73. The highest BCUT2D eigenvalue weighted by molar-refractivity contribution is 6.11. The van der Waals surface area contributed by atoms with E-state index in [0.717, 1.165) is 17.1 Å². The Labute approximate surface area is 358 Å². The maximum absolute atomic E-state index is 2.56. The van der Waals surface area contributed by atoms with Gasteiger partial charge in [-0.15, -0.1) is 0 Å². The van der Waals surface area contributed by atoms with Crippen LogP contribution in [0.3, 0.4) is 0 Å². The molecule has 0 spiro atoms. The minimum atomic E-state index is -0.225. The van der Waals surface area contributed by atoms with Gasteiger partial charge in [0.05, 0.1) is 17.1 Å². The third kappa shape index (κ3) is 6.27. The van der Waals surface area contributed by atoms with Crippen LogP contribution < -0.4 is 9.80 Å². The fraction of sp³-hybridized carbons (Fsp3) is 0.0508. The highest BCUT2D eigenvalue weighted by Crippen LogP contribution is 2.56. The van der Waals surface area contributed by atoms with E-state index in [2.05, 4.69) is 254 Å².